The number of nitriles is 1. The van der Waals surface area contributed by atoms with Gasteiger partial charge in [-0.05, 0) is 31.2 Å². The van der Waals surface area contributed by atoms with Crippen molar-refractivity contribution in [1.82, 2.24) is 0 Å². The fourth-order valence-electron chi connectivity index (χ4n) is 3.12. The average Bonchev–Trinajstić information content (AvgIpc) is 2.84. The summed E-state index contributed by atoms with van der Waals surface area (Å²) in [6.45, 7) is 1.88. The highest BCUT2D eigenvalue weighted by atomic mass is 35.5. The number of carbonyl (C=O) groups is 2. The summed E-state index contributed by atoms with van der Waals surface area (Å²) in [6.07, 6.45) is -2.16. The first kappa shape index (κ1) is 20.6. The van der Waals surface area contributed by atoms with Crippen molar-refractivity contribution in [3.63, 3.8) is 0 Å². The Morgan fingerprint density at radius 1 is 1.31 bits per heavy atom. The van der Waals surface area contributed by atoms with Crippen LogP contribution in [0, 0.1) is 11.3 Å². The van der Waals surface area contributed by atoms with Crippen LogP contribution < -0.4 is 10.1 Å². The first-order valence-corrected chi connectivity index (χ1v) is 9.34. The SMILES string of the molecule is CCOC(=O)C[C@H]1O[C@H](c2cccc(OC)c2Cl)c2cc(C#N)ccc2NC1=O. The fourth-order valence-corrected chi connectivity index (χ4v) is 3.42. The Hall–Kier alpha value is -3.08. The number of esters is 1. The Morgan fingerprint density at radius 3 is 2.79 bits per heavy atom. The van der Waals surface area contributed by atoms with E-state index in [1.807, 2.05) is 0 Å². The molecule has 0 aliphatic carbocycles. The zero-order valence-corrected chi connectivity index (χ0v) is 16.7. The molecular formula is C21H19ClN2O5. The van der Waals surface area contributed by atoms with Gasteiger partial charge in [-0.15, -0.1) is 0 Å². The number of rotatable bonds is 5. The number of ether oxygens (including phenoxy) is 3. The van der Waals surface area contributed by atoms with Crippen LogP contribution in [-0.2, 0) is 19.1 Å². The lowest BCUT2D eigenvalue weighted by Crippen LogP contribution is -2.32. The first-order chi connectivity index (χ1) is 14.0. The van der Waals surface area contributed by atoms with Crippen LogP contribution in [0.1, 0.15) is 36.1 Å². The number of amides is 1. The third-order valence-electron chi connectivity index (χ3n) is 4.47. The van der Waals surface area contributed by atoms with Gasteiger partial charge in [-0.25, -0.2) is 0 Å². The molecule has 2 aromatic rings. The third kappa shape index (κ3) is 4.34. The Labute approximate surface area is 173 Å². The second-order valence-corrected chi connectivity index (χ2v) is 6.66. The molecule has 1 heterocycles. The van der Waals surface area contributed by atoms with Gasteiger partial charge in [0.15, 0.2) is 0 Å². The molecule has 1 aliphatic heterocycles. The molecule has 2 aromatic carbocycles. The van der Waals surface area contributed by atoms with E-state index in [9.17, 15) is 14.9 Å². The minimum absolute atomic E-state index is 0.198. The molecule has 150 valence electrons. The van der Waals surface area contributed by atoms with E-state index >= 15 is 0 Å². The highest BCUT2D eigenvalue weighted by Gasteiger charge is 2.35. The quantitative estimate of drug-likeness (QED) is 0.750. The maximum atomic E-state index is 12.7. The normalized spacial score (nSPS) is 18.1. The lowest BCUT2D eigenvalue weighted by molar-refractivity contribution is -0.150. The summed E-state index contributed by atoms with van der Waals surface area (Å²) in [5.41, 5.74) is 1.98. The van der Waals surface area contributed by atoms with Crippen LogP contribution in [0.2, 0.25) is 5.02 Å². The molecule has 1 amide bonds. The highest BCUT2D eigenvalue weighted by molar-refractivity contribution is 6.33. The molecule has 1 aliphatic rings. The van der Waals surface area contributed by atoms with Crippen molar-refractivity contribution in [3.05, 3.63) is 58.1 Å². The van der Waals surface area contributed by atoms with Crippen molar-refractivity contribution >= 4 is 29.2 Å². The minimum Gasteiger partial charge on any atom is -0.495 e. The second kappa shape index (κ2) is 8.95. The highest BCUT2D eigenvalue weighted by Crippen LogP contribution is 2.41. The Kier molecular flexibility index (Phi) is 6.37. The molecule has 0 spiro atoms. The van der Waals surface area contributed by atoms with Crippen molar-refractivity contribution in [1.29, 1.82) is 5.26 Å². The van der Waals surface area contributed by atoms with Crippen molar-refractivity contribution in [2.24, 2.45) is 0 Å². The van der Waals surface area contributed by atoms with Gasteiger partial charge >= 0.3 is 5.97 Å². The number of carbonyl (C=O) groups excluding carboxylic acids is 2. The second-order valence-electron chi connectivity index (χ2n) is 6.28. The van der Waals surface area contributed by atoms with Gasteiger partial charge < -0.3 is 19.5 Å². The van der Waals surface area contributed by atoms with Crippen molar-refractivity contribution in [3.8, 4) is 11.8 Å². The van der Waals surface area contributed by atoms with Crippen LogP contribution in [0.3, 0.4) is 0 Å². The molecule has 0 radical (unpaired) electrons. The monoisotopic (exact) mass is 414 g/mol. The first-order valence-electron chi connectivity index (χ1n) is 8.96. The molecule has 0 aromatic heterocycles. The maximum absolute atomic E-state index is 12.7. The molecule has 7 nitrogen and oxygen atoms in total. The maximum Gasteiger partial charge on any atom is 0.308 e. The van der Waals surface area contributed by atoms with Gasteiger partial charge in [-0.1, -0.05) is 23.7 Å². The number of benzene rings is 2. The van der Waals surface area contributed by atoms with E-state index in [1.165, 1.54) is 7.11 Å². The van der Waals surface area contributed by atoms with Crippen molar-refractivity contribution in [2.75, 3.05) is 19.0 Å². The molecule has 29 heavy (non-hydrogen) atoms. The summed E-state index contributed by atoms with van der Waals surface area (Å²) in [7, 11) is 1.50. The molecular weight excluding hydrogens is 396 g/mol. The number of nitrogens with zero attached hydrogens (tertiary/aromatic N) is 1. The number of fused-ring (bicyclic) bond motifs is 1. The van der Waals surface area contributed by atoms with Gasteiger partial charge in [0.25, 0.3) is 5.91 Å². The van der Waals surface area contributed by atoms with E-state index in [4.69, 9.17) is 25.8 Å². The van der Waals surface area contributed by atoms with Crippen molar-refractivity contribution in [2.45, 2.75) is 25.6 Å². The van der Waals surface area contributed by atoms with Crippen LogP contribution in [0.4, 0.5) is 5.69 Å². The molecule has 0 saturated carbocycles. The Bertz CT molecular complexity index is 986. The summed E-state index contributed by atoms with van der Waals surface area (Å²) < 4.78 is 16.3. The van der Waals surface area contributed by atoms with E-state index in [2.05, 4.69) is 11.4 Å². The molecule has 0 fully saturated rings. The number of hydrogen-bond acceptors (Lipinski definition) is 6. The molecule has 0 bridgehead atoms. The van der Waals surface area contributed by atoms with E-state index < -0.39 is 24.1 Å². The number of methoxy groups -OCH3 is 1. The zero-order valence-electron chi connectivity index (χ0n) is 15.9. The van der Waals surface area contributed by atoms with Gasteiger partial charge in [0.05, 0.1) is 36.8 Å². The van der Waals surface area contributed by atoms with Crippen molar-refractivity contribution < 1.29 is 23.8 Å². The summed E-state index contributed by atoms with van der Waals surface area (Å²) in [4.78, 5) is 24.7. The fraction of sp³-hybridized carbons (Fsp3) is 0.286. The minimum atomic E-state index is -1.10. The van der Waals surface area contributed by atoms with Crippen LogP contribution in [0.25, 0.3) is 0 Å². The lowest BCUT2D eigenvalue weighted by Gasteiger charge is -2.23. The van der Waals surface area contributed by atoms with Crippen LogP contribution in [-0.4, -0.2) is 31.7 Å². The number of hydrogen-bond donors (Lipinski definition) is 1. The van der Waals surface area contributed by atoms with E-state index in [0.717, 1.165) is 0 Å². The Balaban J connectivity index is 2.11. The third-order valence-corrected chi connectivity index (χ3v) is 4.87. The van der Waals surface area contributed by atoms with Gasteiger partial charge in [0.2, 0.25) is 0 Å². The number of halogens is 1. The predicted octanol–water partition coefficient (Wildman–Crippen LogP) is 3.60. The molecule has 0 unspecified atom stereocenters. The standard InChI is InChI=1S/C21H19ClN2O5/c1-3-28-18(25)10-17-21(26)24-15-8-7-12(11-23)9-14(15)20(29-17)13-5-4-6-16(27-2)19(13)22/h4-9,17,20H,3,10H2,1-2H3,(H,24,26)/t17-,20-/m1/s1. The summed E-state index contributed by atoms with van der Waals surface area (Å²) in [5, 5.41) is 12.4. The molecule has 1 N–H and O–H groups in total. The topological polar surface area (TPSA) is 97.7 Å². The average molecular weight is 415 g/mol. The molecule has 8 heteroatoms. The van der Waals surface area contributed by atoms with E-state index in [-0.39, 0.29) is 13.0 Å². The summed E-state index contributed by atoms with van der Waals surface area (Å²) in [6, 6.07) is 12.1. The molecule has 2 atom stereocenters. The van der Waals surface area contributed by atoms with Gasteiger partial charge in [-0.2, -0.15) is 5.26 Å². The van der Waals surface area contributed by atoms with Crippen LogP contribution in [0.5, 0.6) is 5.75 Å². The molecule has 3 rings (SSSR count). The van der Waals surface area contributed by atoms with E-state index in [0.29, 0.717) is 33.1 Å². The Morgan fingerprint density at radius 2 is 2.10 bits per heavy atom. The van der Waals surface area contributed by atoms with Crippen LogP contribution >= 0.6 is 11.6 Å². The summed E-state index contributed by atoms with van der Waals surface area (Å²) in [5.74, 6) is -0.589. The van der Waals surface area contributed by atoms with E-state index in [1.54, 1.807) is 43.3 Å². The van der Waals surface area contributed by atoms with Gasteiger partial charge in [-0.3, -0.25) is 9.59 Å². The molecule has 0 saturated heterocycles. The largest absolute Gasteiger partial charge is 0.495 e. The van der Waals surface area contributed by atoms with Gasteiger partial charge in [0.1, 0.15) is 18.0 Å². The lowest BCUT2D eigenvalue weighted by atomic mass is 9.97. The zero-order chi connectivity index (χ0) is 21.0. The number of nitrogens with one attached hydrogen (secondary N) is 1. The smallest absolute Gasteiger partial charge is 0.308 e. The summed E-state index contributed by atoms with van der Waals surface area (Å²) >= 11 is 6.51. The van der Waals surface area contributed by atoms with Gasteiger partial charge in [0, 0.05) is 16.8 Å². The predicted molar refractivity (Wildman–Crippen MR) is 106 cm³/mol. The number of anilines is 1. The van der Waals surface area contributed by atoms with Crippen LogP contribution in [0.15, 0.2) is 36.4 Å².